The van der Waals surface area contributed by atoms with Crippen LogP contribution >= 0.6 is 11.8 Å². The maximum atomic E-state index is 12.3. The van der Waals surface area contributed by atoms with Crippen molar-refractivity contribution in [1.29, 1.82) is 0 Å². The van der Waals surface area contributed by atoms with Crippen molar-refractivity contribution in [3.05, 3.63) is 54.1 Å². The molecule has 1 heterocycles. The molecule has 0 radical (unpaired) electrons. The summed E-state index contributed by atoms with van der Waals surface area (Å²) in [5.41, 5.74) is 1.88. The normalized spacial score (nSPS) is 17.3. The number of rotatable bonds is 5. The minimum absolute atomic E-state index is 0.00922. The molecule has 1 aliphatic rings. The largest absolute Gasteiger partial charge is 0.455 e. The molecule has 0 aliphatic carbocycles. The highest BCUT2D eigenvalue weighted by atomic mass is 32.2. The molecule has 1 aliphatic heterocycles. The third-order valence-electron chi connectivity index (χ3n) is 3.84. The van der Waals surface area contributed by atoms with E-state index in [0.717, 1.165) is 23.8 Å². The van der Waals surface area contributed by atoms with Crippen LogP contribution in [0.4, 0.5) is 5.69 Å². The molecule has 0 aromatic heterocycles. The van der Waals surface area contributed by atoms with E-state index in [2.05, 4.69) is 10.6 Å². The number of thioether (sulfide) groups is 1. The molecule has 2 aromatic carbocycles. The summed E-state index contributed by atoms with van der Waals surface area (Å²) in [6, 6.07) is 15.6. The Labute approximate surface area is 147 Å². The van der Waals surface area contributed by atoms with E-state index < -0.39 is 0 Å². The van der Waals surface area contributed by atoms with Gasteiger partial charge < -0.3 is 15.4 Å². The number of aryl methyl sites for hydroxylation is 1. The van der Waals surface area contributed by atoms with Gasteiger partial charge in [-0.15, -0.1) is 0 Å². The number of carbonyl (C=O) groups excluding carboxylic acids is 1. The van der Waals surface area contributed by atoms with Crippen LogP contribution in [0.2, 0.25) is 0 Å². The Balaban J connectivity index is 1.64. The monoisotopic (exact) mass is 342 g/mol. The van der Waals surface area contributed by atoms with Crippen molar-refractivity contribution in [1.82, 2.24) is 5.32 Å². The van der Waals surface area contributed by atoms with E-state index in [1.165, 1.54) is 5.56 Å². The van der Waals surface area contributed by atoms with E-state index in [9.17, 15) is 4.79 Å². The molecule has 4 nitrogen and oxygen atoms in total. The molecule has 2 aromatic rings. The second kappa shape index (κ2) is 8.22. The van der Waals surface area contributed by atoms with Crippen LogP contribution < -0.4 is 15.4 Å². The van der Waals surface area contributed by atoms with Gasteiger partial charge in [0.05, 0.1) is 5.69 Å². The van der Waals surface area contributed by atoms with Crippen LogP contribution in [0.25, 0.3) is 0 Å². The highest BCUT2D eigenvalue weighted by molar-refractivity contribution is 7.99. The Morgan fingerprint density at radius 2 is 2.04 bits per heavy atom. The van der Waals surface area contributed by atoms with Crippen LogP contribution in [-0.4, -0.2) is 30.0 Å². The summed E-state index contributed by atoms with van der Waals surface area (Å²) in [5.74, 6) is 3.52. The van der Waals surface area contributed by atoms with Crippen LogP contribution in [0.5, 0.6) is 11.5 Å². The zero-order valence-corrected chi connectivity index (χ0v) is 14.6. The Morgan fingerprint density at radius 3 is 2.79 bits per heavy atom. The first-order chi connectivity index (χ1) is 11.7. The van der Waals surface area contributed by atoms with Crippen LogP contribution in [-0.2, 0) is 4.79 Å². The summed E-state index contributed by atoms with van der Waals surface area (Å²) in [4.78, 5) is 12.3. The van der Waals surface area contributed by atoms with Gasteiger partial charge in [-0.3, -0.25) is 4.79 Å². The Bertz CT molecular complexity index is 682. The molecule has 0 spiro atoms. The fourth-order valence-electron chi connectivity index (χ4n) is 2.57. The fourth-order valence-corrected chi connectivity index (χ4v) is 3.52. The molecular formula is C19H22N2O2S. The van der Waals surface area contributed by atoms with Gasteiger partial charge in [-0.1, -0.05) is 29.8 Å². The Hall–Kier alpha value is -1.98. The molecule has 1 fully saturated rings. The lowest BCUT2D eigenvalue weighted by Gasteiger charge is -2.22. The van der Waals surface area contributed by atoms with Crippen molar-refractivity contribution >= 4 is 23.4 Å². The summed E-state index contributed by atoms with van der Waals surface area (Å²) in [6.45, 7) is 3.01. The lowest BCUT2D eigenvalue weighted by molar-refractivity contribution is -0.116. The van der Waals surface area contributed by atoms with Gasteiger partial charge in [0.2, 0.25) is 5.91 Å². The number of hydrogen-bond donors (Lipinski definition) is 2. The number of para-hydroxylation sites is 2. The van der Waals surface area contributed by atoms with Crippen molar-refractivity contribution in [2.24, 2.45) is 0 Å². The molecule has 1 saturated heterocycles. The number of carbonyl (C=O) groups is 1. The lowest BCUT2D eigenvalue weighted by Crippen LogP contribution is -2.39. The Kier molecular flexibility index (Phi) is 5.77. The molecule has 1 atom stereocenters. The molecule has 1 unspecified atom stereocenters. The predicted octanol–water partition coefficient (Wildman–Crippen LogP) is 3.82. The minimum Gasteiger partial charge on any atom is -0.455 e. The Morgan fingerprint density at radius 1 is 1.25 bits per heavy atom. The van der Waals surface area contributed by atoms with E-state index in [1.54, 1.807) is 0 Å². The molecule has 0 bridgehead atoms. The summed E-state index contributed by atoms with van der Waals surface area (Å²) in [6.07, 6.45) is 0.478. The van der Waals surface area contributed by atoms with Crippen LogP contribution in [0.15, 0.2) is 48.5 Å². The molecule has 0 saturated carbocycles. The average molecular weight is 342 g/mol. The molecule has 126 valence electrons. The van der Waals surface area contributed by atoms with Gasteiger partial charge in [0.15, 0.2) is 5.75 Å². The first kappa shape index (κ1) is 16.9. The zero-order valence-electron chi connectivity index (χ0n) is 13.7. The number of amides is 1. The number of anilines is 1. The van der Waals surface area contributed by atoms with Crippen molar-refractivity contribution < 1.29 is 9.53 Å². The lowest BCUT2D eigenvalue weighted by atomic mass is 10.2. The van der Waals surface area contributed by atoms with Gasteiger partial charge >= 0.3 is 0 Å². The molecular weight excluding hydrogens is 320 g/mol. The van der Waals surface area contributed by atoms with Crippen molar-refractivity contribution in [3.8, 4) is 11.5 Å². The van der Waals surface area contributed by atoms with E-state index in [1.807, 2.05) is 67.2 Å². The predicted molar refractivity (Wildman–Crippen MR) is 100 cm³/mol. The summed E-state index contributed by atoms with van der Waals surface area (Å²) in [5, 5.41) is 6.36. The molecule has 1 amide bonds. The van der Waals surface area contributed by atoms with E-state index in [0.29, 0.717) is 17.9 Å². The quantitative estimate of drug-likeness (QED) is 0.867. The van der Waals surface area contributed by atoms with E-state index in [-0.39, 0.29) is 11.9 Å². The van der Waals surface area contributed by atoms with Crippen molar-refractivity contribution in [3.63, 3.8) is 0 Å². The van der Waals surface area contributed by atoms with E-state index >= 15 is 0 Å². The minimum atomic E-state index is 0.00922. The van der Waals surface area contributed by atoms with Gasteiger partial charge in [-0.05, 0) is 31.2 Å². The third kappa shape index (κ3) is 4.76. The van der Waals surface area contributed by atoms with Crippen LogP contribution in [0.3, 0.4) is 0 Å². The summed E-state index contributed by atoms with van der Waals surface area (Å²) >= 11 is 1.89. The number of nitrogens with one attached hydrogen (secondary N) is 2. The van der Waals surface area contributed by atoms with Gasteiger partial charge in [0.1, 0.15) is 5.75 Å². The van der Waals surface area contributed by atoms with Gasteiger partial charge in [-0.25, -0.2) is 0 Å². The van der Waals surface area contributed by atoms with Crippen molar-refractivity contribution in [2.45, 2.75) is 19.4 Å². The summed E-state index contributed by atoms with van der Waals surface area (Å²) in [7, 11) is 0. The molecule has 3 rings (SSSR count). The summed E-state index contributed by atoms with van der Waals surface area (Å²) < 4.78 is 5.92. The van der Waals surface area contributed by atoms with Gasteiger partial charge in [0.25, 0.3) is 0 Å². The van der Waals surface area contributed by atoms with Gasteiger partial charge in [0, 0.05) is 30.5 Å². The van der Waals surface area contributed by atoms with Crippen LogP contribution in [0.1, 0.15) is 12.0 Å². The number of ether oxygens (including phenoxy) is 1. The standard InChI is InChI=1S/C19H22N2O2S/c1-14-6-8-16(9-7-14)23-18-5-3-2-4-17(18)21-19(22)12-15-13-24-11-10-20-15/h2-9,15,20H,10-13H2,1H3,(H,21,22). The first-order valence-electron chi connectivity index (χ1n) is 8.15. The first-order valence-corrected chi connectivity index (χ1v) is 9.31. The van der Waals surface area contributed by atoms with Crippen molar-refractivity contribution in [2.75, 3.05) is 23.4 Å². The molecule has 24 heavy (non-hydrogen) atoms. The van der Waals surface area contributed by atoms with Gasteiger partial charge in [-0.2, -0.15) is 11.8 Å². The molecule has 2 N–H and O–H groups in total. The number of benzene rings is 2. The van der Waals surface area contributed by atoms with E-state index in [4.69, 9.17) is 4.74 Å². The molecule has 5 heteroatoms. The zero-order chi connectivity index (χ0) is 16.8. The average Bonchev–Trinajstić information content (AvgIpc) is 2.59. The maximum Gasteiger partial charge on any atom is 0.226 e. The highest BCUT2D eigenvalue weighted by Crippen LogP contribution is 2.29. The second-order valence-electron chi connectivity index (χ2n) is 5.89. The fraction of sp³-hybridized carbons (Fsp3) is 0.316. The van der Waals surface area contributed by atoms with Crippen LogP contribution in [0, 0.1) is 6.92 Å². The number of hydrogen-bond acceptors (Lipinski definition) is 4. The highest BCUT2D eigenvalue weighted by Gasteiger charge is 2.17. The second-order valence-corrected chi connectivity index (χ2v) is 7.04. The SMILES string of the molecule is Cc1ccc(Oc2ccccc2NC(=O)CC2CSCCN2)cc1. The maximum absolute atomic E-state index is 12.3. The third-order valence-corrected chi connectivity index (χ3v) is 4.97. The topological polar surface area (TPSA) is 50.4 Å². The smallest absolute Gasteiger partial charge is 0.226 e.